The standard InChI is InChI=1S/C16H34O3/c1-9-15(4,5)18-12-14(11-17-8)19-16(6,7)10-13(2)3/h13-14H,9-12H2,1-8H3. The molecule has 0 bridgehead atoms. The van der Waals surface area contributed by atoms with Crippen molar-refractivity contribution in [3.8, 4) is 0 Å². The molecular weight excluding hydrogens is 240 g/mol. The quantitative estimate of drug-likeness (QED) is 0.601. The van der Waals surface area contributed by atoms with E-state index in [0.717, 1.165) is 12.8 Å². The molecule has 0 aliphatic heterocycles. The highest BCUT2D eigenvalue weighted by Gasteiger charge is 2.26. The van der Waals surface area contributed by atoms with Crippen LogP contribution in [-0.2, 0) is 14.2 Å². The van der Waals surface area contributed by atoms with E-state index < -0.39 is 0 Å². The van der Waals surface area contributed by atoms with Gasteiger partial charge in [-0.25, -0.2) is 0 Å². The highest BCUT2D eigenvalue weighted by Crippen LogP contribution is 2.23. The number of rotatable bonds is 10. The maximum absolute atomic E-state index is 6.18. The summed E-state index contributed by atoms with van der Waals surface area (Å²) in [7, 11) is 1.71. The van der Waals surface area contributed by atoms with Crippen molar-refractivity contribution in [2.24, 2.45) is 5.92 Å². The number of methoxy groups -OCH3 is 1. The van der Waals surface area contributed by atoms with Gasteiger partial charge in [-0.15, -0.1) is 0 Å². The SMILES string of the molecule is CCC(C)(C)OCC(COC)OC(C)(C)CC(C)C. The maximum Gasteiger partial charge on any atom is 0.105 e. The van der Waals surface area contributed by atoms with E-state index in [4.69, 9.17) is 14.2 Å². The molecule has 0 aromatic heterocycles. The van der Waals surface area contributed by atoms with Crippen LogP contribution in [0.5, 0.6) is 0 Å². The minimum atomic E-state index is -0.142. The lowest BCUT2D eigenvalue weighted by atomic mass is 9.96. The van der Waals surface area contributed by atoms with E-state index in [2.05, 4.69) is 48.5 Å². The Kier molecular flexibility index (Phi) is 8.18. The first-order chi connectivity index (χ1) is 8.62. The molecule has 116 valence electrons. The summed E-state index contributed by atoms with van der Waals surface area (Å²) in [6.45, 7) is 16.2. The molecule has 0 amide bonds. The molecule has 0 N–H and O–H groups in total. The lowest BCUT2D eigenvalue weighted by molar-refractivity contribution is -0.150. The van der Waals surface area contributed by atoms with Crippen molar-refractivity contribution in [3.05, 3.63) is 0 Å². The number of hydrogen-bond donors (Lipinski definition) is 0. The summed E-state index contributed by atoms with van der Waals surface area (Å²) in [4.78, 5) is 0. The van der Waals surface area contributed by atoms with Gasteiger partial charge < -0.3 is 14.2 Å². The fourth-order valence-electron chi connectivity index (χ4n) is 2.21. The van der Waals surface area contributed by atoms with Gasteiger partial charge in [0.1, 0.15) is 6.10 Å². The van der Waals surface area contributed by atoms with Crippen molar-refractivity contribution in [1.82, 2.24) is 0 Å². The third kappa shape index (κ3) is 9.42. The Morgan fingerprint density at radius 2 is 1.53 bits per heavy atom. The van der Waals surface area contributed by atoms with Crippen LogP contribution in [0.25, 0.3) is 0 Å². The van der Waals surface area contributed by atoms with Gasteiger partial charge in [-0.1, -0.05) is 20.8 Å². The Bertz CT molecular complexity index is 234. The highest BCUT2D eigenvalue weighted by molar-refractivity contribution is 4.75. The van der Waals surface area contributed by atoms with E-state index >= 15 is 0 Å². The van der Waals surface area contributed by atoms with Crippen LogP contribution in [-0.4, -0.2) is 37.6 Å². The smallest absolute Gasteiger partial charge is 0.105 e. The molecule has 0 aromatic rings. The van der Waals surface area contributed by atoms with Gasteiger partial charge in [-0.2, -0.15) is 0 Å². The summed E-state index contributed by atoms with van der Waals surface area (Å²) in [5, 5.41) is 0. The lowest BCUT2D eigenvalue weighted by Crippen LogP contribution is -2.39. The van der Waals surface area contributed by atoms with Gasteiger partial charge in [0.05, 0.1) is 24.4 Å². The van der Waals surface area contributed by atoms with E-state index in [9.17, 15) is 0 Å². The largest absolute Gasteiger partial charge is 0.382 e. The average Bonchev–Trinajstić information content (AvgIpc) is 2.24. The van der Waals surface area contributed by atoms with E-state index in [1.165, 1.54) is 0 Å². The molecule has 0 rings (SSSR count). The van der Waals surface area contributed by atoms with E-state index in [1.54, 1.807) is 7.11 Å². The monoisotopic (exact) mass is 274 g/mol. The summed E-state index contributed by atoms with van der Waals surface area (Å²) < 4.78 is 17.4. The Balaban J connectivity index is 4.40. The summed E-state index contributed by atoms with van der Waals surface area (Å²) in [6, 6.07) is 0. The third-order valence-corrected chi connectivity index (χ3v) is 3.25. The normalized spacial score (nSPS) is 15.0. The second-order valence-electron chi connectivity index (χ2n) is 6.98. The van der Waals surface area contributed by atoms with Gasteiger partial charge in [-0.3, -0.25) is 0 Å². The van der Waals surface area contributed by atoms with Gasteiger partial charge >= 0.3 is 0 Å². The first-order valence-corrected chi connectivity index (χ1v) is 7.42. The molecule has 0 radical (unpaired) electrons. The molecule has 1 atom stereocenters. The number of ether oxygens (including phenoxy) is 3. The van der Waals surface area contributed by atoms with Crippen LogP contribution in [0, 0.1) is 5.92 Å². The summed E-state index contributed by atoms with van der Waals surface area (Å²) in [6.07, 6.45) is 2.01. The van der Waals surface area contributed by atoms with Gasteiger partial charge in [0.15, 0.2) is 0 Å². The van der Waals surface area contributed by atoms with Crippen molar-refractivity contribution < 1.29 is 14.2 Å². The van der Waals surface area contributed by atoms with Gasteiger partial charge in [0.25, 0.3) is 0 Å². The highest BCUT2D eigenvalue weighted by atomic mass is 16.6. The van der Waals surface area contributed by atoms with Crippen molar-refractivity contribution in [2.75, 3.05) is 20.3 Å². The summed E-state index contributed by atoms with van der Waals surface area (Å²) in [5.41, 5.74) is -0.241. The first kappa shape index (κ1) is 18.9. The zero-order valence-corrected chi connectivity index (χ0v) is 14.2. The van der Waals surface area contributed by atoms with Crippen LogP contribution >= 0.6 is 0 Å². The molecule has 3 nitrogen and oxygen atoms in total. The fourth-order valence-corrected chi connectivity index (χ4v) is 2.21. The molecule has 3 heteroatoms. The van der Waals surface area contributed by atoms with E-state index in [-0.39, 0.29) is 17.3 Å². The van der Waals surface area contributed by atoms with Crippen molar-refractivity contribution in [3.63, 3.8) is 0 Å². The molecule has 0 aliphatic rings. The third-order valence-electron chi connectivity index (χ3n) is 3.25. The molecule has 0 aromatic carbocycles. The molecule has 0 saturated heterocycles. The minimum absolute atomic E-state index is 0.00965. The Hall–Kier alpha value is -0.120. The fraction of sp³-hybridized carbons (Fsp3) is 1.00. The molecule has 0 saturated carbocycles. The molecule has 0 aliphatic carbocycles. The zero-order chi connectivity index (χ0) is 15.1. The van der Waals surface area contributed by atoms with Crippen molar-refractivity contribution >= 4 is 0 Å². The molecule has 0 heterocycles. The van der Waals surface area contributed by atoms with E-state index in [0.29, 0.717) is 19.1 Å². The Morgan fingerprint density at radius 1 is 0.947 bits per heavy atom. The topological polar surface area (TPSA) is 27.7 Å². The Labute approximate surface area is 120 Å². The van der Waals surface area contributed by atoms with E-state index in [1.807, 2.05) is 0 Å². The van der Waals surface area contributed by atoms with Crippen LogP contribution < -0.4 is 0 Å². The minimum Gasteiger partial charge on any atom is -0.382 e. The lowest BCUT2D eigenvalue weighted by Gasteiger charge is -2.34. The van der Waals surface area contributed by atoms with Crippen molar-refractivity contribution in [2.45, 2.75) is 78.6 Å². The van der Waals surface area contributed by atoms with Crippen molar-refractivity contribution in [1.29, 1.82) is 0 Å². The van der Waals surface area contributed by atoms with Gasteiger partial charge in [0, 0.05) is 7.11 Å². The molecule has 0 spiro atoms. The predicted molar refractivity (Wildman–Crippen MR) is 80.6 cm³/mol. The Morgan fingerprint density at radius 3 is 1.95 bits per heavy atom. The maximum atomic E-state index is 6.18. The first-order valence-electron chi connectivity index (χ1n) is 7.42. The van der Waals surface area contributed by atoms with Crippen LogP contribution in [0.4, 0.5) is 0 Å². The molecular formula is C16H34O3. The second-order valence-corrected chi connectivity index (χ2v) is 6.98. The molecule has 19 heavy (non-hydrogen) atoms. The average molecular weight is 274 g/mol. The predicted octanol–water partition coefficient (Wildman–Crippen LogP) is 4.05. The van der Waals surface area contributed by atoms with Gasteiger partial charge in [-0.05, 0) is 46.5 Å². The van der Waals surface area contributed by atoms with Crippen LogP contribution in [0.2, 0.25) is 0 Å². The second kappa shape index (κ2) is 8.23. The summed E-state index contributed by atoms with van der Waals surface area (Å²) in [5.74, 6) is 0.617. The van der Waals surface area contributed by atoms with Gasteiger partial charge in [0.2, 0.25) is 0 Å². The number of hydrogen-bond acceptors (Lipinski definition) is 3. The van der Waals surface area contributed by atoms with Crippen LogP contribution in [0.3, 0.4) is 0 Å². The molecule has 1 unspecified atom stereocenters. The van der Waals surface area contributed by atoms with Crippen LogP contribution in [0.15, 0.2) is 0 Å². The van der Waals surface area contributed by atoms with Crippen LogP contribution in [0.1, 0.15) is 61.3 Å². The zero-order valence-electron chi connectivity index (χ0n) is 14.2. The summed E-state index contributed by atoms with van der Waals surface area (Å²) >= 11 is 0. The molecule has 0 fully saturated rings.